The van der Waals surface area contributed by atoms with Crippen LogP contribution >= 0.6 is 0 Å². The fourth-order valence-electron chi connectivity index (χ4n) is 2.13. The van der Waals surface area contributed by atoms with Crippen molar-refractivity contribution in [3.63, 3.8) is 0 Å². The topological polar surface area (TPSA) is 93.2 Å². The summed E-state index contributed by atoms with van der Waals surface area (Å²) in [5.41, 5.74) is 7.81. The molecule has 6 nitrogen and oxygen atoms in total. The number of carbonyl (C=O) groups is 1. The molecule has 0 aliphatic carbocycles. The van der Waals surface area contributed by atoms with Gasteiger partial charge in [-0.3, -0.25) is 4.68 Å². The van der Waals surface area contributed by atoms with Crippen molar-refractivity contribution in [3.8, 4) is 0 Å². The van der Waals surface area contributed by atoms with E-state index >= 15 is 0 Å². The Morgan fingerprint density at radius 2 is 2.24 bits per heavy atom. The van der Waals surface area contributed by atoms with Gasteiger partial charge in [0.2, 0.25) is 0 Å². The van der Waals surface area contributed by atoms with Crippen molar-refractivity contribution >= 4 is 17.3 Å². The molecule has 0 saturated carbocycles. The number of carboxylic acid groups (broad SMARTS) is 1. The third kappa shape index (κ3) is 3.13. The molecule has 0 spiro atoms. The Bertz CT molecular complexity index is 682. The molecule has 4 N–H and O–H groups in total. The molecule has 0 fully saturated rings. The summed E-state index contributed by atoms with van der Waals surface area (Å²) in [7, 11) is 1.83. The number of aromatic carboxylic acids is 1. The predicted octanol–water partition coefficient (Wildman–Crippen LogP) is 2.01. The summed E-state index contributed by atoms with van der Waals surface area (Å²) in [6.07, 6.45) is 2.67. The van der Waals surface area contributed by atoms with Crippen LogP contribution in [0.2, 0.25) is 0 Å². The molecule has 0 bridgehead atoms. The number of rotatable bonds is 5. The summed E-state index contributed by atoms with van der Waals surface area (Å²) in [5, 5.41) is 16.2. The van der Waals surface area contributed by atoms with Gasteiger partial charge in [-0.2, -0.15) is 5.10 Å². The Morgan fingerprint density at radius 1 is 1.52 bits per heavy atom. The molecular weight excluding hydrogens is 275 g/mol. The third-order valence-corrected chi connectivity index (χ3v) is 3.17. The first-order valence-electron chi connectivity index (χ1n) is 6.50. The van der Waals surface area contributed by atoms with Crippen molar-refractivity contribution < 1.29 is 14.3 Å². The molecule has 0 radical (unpaired) electrons. The summed E-state index contributed by atoms with van der Waals surface area (Å²) < 4.78 is 15.4. The lowest BCUT2D eigenvalue weighted by Crippen LogP contribution is -2.07. The zero-order valence-electron chi connectivity index (χ0n) is 11.9. The monoisotopic (exact) mass is 292 g/mol. The molecule has 0 amide bonds. The second kappa shape index (κ2) is 5.82. The van der Waals surface area contributed by atoms with E-state index in [1.54, 1.807) is 4.68 Å². The summed E-state index contributed by atoms with van der Waals surface area (Å²) in [5.74, 6) is -2.16. The highest BCUT2D eigenvalue weighted by Crippen LogP contribution is 2.24. The molecule has 0 unspecified atom stereocenters. The average molecular weight is 292 g/mol. The molecule has 1 aromatic carbocycles. The Hall–Kier alpha value is -2.57. The molecule has 112 valence electrons. The molecule has 1 aromatic heterocycles. The van der Waals surface area contributed by atoms with Gasteiger partial charge in [0.05, 0.1) is 22.6 Å². The number of anilines is 2. The van der Waals surface area contributed by atoms with Crippen LogP contribution in [0.5, 0.6) is 0 Å². The van der Waals surface area contributed by atoms with Gasteiger partial charge in [-0.05, 0) is 18.6 Å². The van der Waals surface area contributed by atoms with Gasteiger partial charge < -0.3 is 16.2 Å². The average Bonchev–Trinajstić information content (AvgIpc) is 2.79. The zero-order chi connectivity index (χ0) is 15.6. The highest BCUT2D eigenvalue weighted by molar-refractivity contribution is 5.90. The molecule has 21 heavy (non-hydrogen) atoms. The number of nitrogens with two attached hydrogens (primary N) is 1. The number of hydrogen-bond donors (Lipinski definition) is 3. The van der Waals surface area contributed by atoms with Crippen LogP contribution in [0.15, 0.2) is 18.3 Å². The summed E-state index contributed by atoms with van der Waals surface area (Å²) in [6, 6.07) is 2.21. The lowest BCUT2D eigenvalue weighted by molar-refractivity contribution is 0.0692. The van der Waals surface area contributed by atoms with E-state index < -0.39 is 17.3 Å². The molecule has 1 heterocycles. The largest absolute Gasteiger partial charge is 0.478 e. The minimum atomic E-state index is -1.34. The molecule has 2 rings (SSSR count). The van der Waals surface area contributed by atoms with Crippen LogP contribution in [0, 0.1) is 5.82 Å². The minimum Gasteiger partial charge on any atom is -0.478 e. The third-order valence-electron chi connectivity index (χ3n) is 3.17. The number of nitrogens with zero attached hydrogens (tertiary/aromatic N) is 2. The van der Waals surface area contributed by atoms with Crippen LogP contribution in [0.1, 0.15) is 28.5 Å². The van der Waals surface area contributed by atoms with Gasteiger partial charge in [0, 0.05) is 25.4 Å². The molecule has 0 aliphatic rings. The number of hydrogen-bond acceptors (Lipinski definition) is 4. The van der Waals surface area contributed by atoms with Crippen molar-refractivity contribution in [3.05, 3.63) is 41.0 Å². The minimum absolute atomic E-state index is 0.190. The van der Waals surface area contributed by atoms with Crippen molar-refractivity contribution in [2.75, 3.05) is 11.1 Å². The molecule has 0 saturated heterocycles. The standard InChI is InChI=1S/C14H17FN4O2/c1-3-12-8(7-19(2)18-12)6-17-13-5-10(15)9(14(20)21)4-11(13)16/h4-5,7,17H,3,6,16H2,1-2H3,(H,20,21). The van der Waals surface area contributed by atoms with Gasteiger partial charge in [0.1, 0.15) is 5.82 Å². The van der Waals surface area contributed by atoms with Gasteiger partial charge in [-0.25, -0.2) is 9.18 Å². The first-order chi connectivity index (χ1) is 9.92. The Morgan fingerprint density at radius 3 is 2.86 bits per heavy atom. The van der Waals surface area contributed by atoms with Crippen molar-refractivity contribution in [2.45, 2.75) is 19.9 Å². The van der Waals surface area contributed by atoms with Gasteiger partial charge in [0.25, 0.3) is 0 Å². The Balaban J connectivity index is 2.20. The summed E-state index contributed by atoms with van der Waals surface area (Å²) in [4.78, 5) is 10.8. The van der Waals surface area contributed by atoms with Crippen molar-refractivity contribution in [1.82, 2.24) is 9.78 Å². The number of nitrogen functional groups attached to an aromatic ring is 1. The zero-order valence-corrected chi connectivity index (χ0v) is 11.9. The first kappa shape index (κ1) is 14.8. The Kier molecular flexibility index (Phi) is 4.11. The van der Waals surface area contributed by atoms with Crippen LogP contribution in [0.25, 0.3) is 0 Å². The van der Waals surface area contributed by atoms with Crippen LogP contribution < -0.4 is 11.1 Å². The SMILES string of the molecule is CCc1nn(C)cc1CNc1cc(F)c(C(=O)O)cc1N. The molecule has 2 aromatic rings. The maximum absolute atomic E-state index is 13.7. The van der Waals surface area contributed by atoms with E-state index in [-0.39, 0.29) is 5.69 Å². The van der Waals surface area contributed by atoms with E-state index in [0.29, 0.717) is 12.2 Å². The fraction of sp³-hybridized carbons (Fsp3) is 0.286. The number of benzene rings is 1. The second-order valence-corrected chi connectivity index (χ2v) is 4.71. The smallest absolute Gasteiger partial charge is 0.338 e. The highest BCUT2D eigenvalue weighted by Gasteiger charge is 2.14. The van der Waals surface area contributed by atoms with Crippen LogP contribution in [0.4, 0.5) is 15.8 Å². The molecule has 0 aliphatic heterocycles. The van der Waals surface area contributed by atoms with Gasteiger partial charge in [-0.15, -0.1) is 0 Å². The quantitative estimate of drug-likeness (QED) is 0.733. The lowest BCUT2D eigenvalue weighted by atomic mass is 10.1. The number of halogens is 1. The Labute approximate surface area is 121 Å². The van der Waals surface area contributed by atoms with E-state index in [0.717, 1.165) is 29.8 Å². The number of carboxylic acids is 1. The molecule has 7 heteroatoms. The van der Waals surface area contributed by atoms with Crippen LogP contribution in [0.3, 0.4) is 0 Å². The van der Waals surface area contributed by atoms with E-state index in [1.807, 2.05) is 20.2 Å². The normalized spacial score (nSPS) is 10.6. The first-order valence-corrected chi connectivity index (χ1v) is 6.50. The van der Waals surface area contributed by atoms with Crippen molar-refractivity contribution in [2.24, 2.45) is 7.05 Å². The number of nitrogens with one attached hydrogen (secondary N) is 1. The molecule has 0 atom stereocenters. The van der Waals surface area contributed by atoms with E-state index in [4.69, 9.17) is 10.8 Å². The second-order valence-electron chi connectivity index (χ2n) is 4.71. The molecular formula is C14H17FN4O2. The van der Waals surface area contributed by atoms with Gasteiger partial charge in [-0.1, -0.05) is 6.92 Å². The van der Waals surface area contributed by atoms with E-state index in [1.165, 1.54) is 0 Å². The number of aromatic nitrogens is 2. The van der Waals surface area contributed by atoms with Gasteiger partial charge >= 0.3 is 5.97 Å². The highest BCUT2D eigenvalue weighted by atomic mass is 19.1. The maximum atomic E-state index is 13.7. The number of aryl methyl sites for hydroxylation is 2. The summed E-state index contributed by atoms with van der Waals surface area (Å²) in [6.45, 7) is 2.44. The lowest BCUT2D eigenvalue weighted by Gasteiger charge is -2.10. The fourth-order valence-corrected chi connectivity index (χ4v) is 2.13. The summed E-state index contributed by atoms with van der Waals surface area (Å²) >= 11 is 0. The van der Waals surface area contributed by atoms with Crippen LogP contribution in [-0.2, 0) is 20.0 Å². The van der Waals surface area contributed by atoms with E-state index in [9.17, 15) is 9.18 Å². The van der Waals surface area contributed by atoms with Crippen LogP contribution in [-0.4, -0.2) is 20.9 Å². The van der Waals surface area contributed by atoms with Gasteiger partial charge in [0.15, 0.2) is 0 Å². The van der Waals surface area contributed by atoms with Crippen molar-refractivity contribution in [1.29, 1.82) is 0 Å². The predicted molar refractivity (Wildman–Crippen MR) is 77.7 cm³/mol. The maximum Gasteiger partial charge on any atom is 0.338 e. The van der Waals surface area contributed by atoms with E-state index in [2.05, 4.69) is 10.4 Å².